The Labute approximate surface area is 167 Å². The van der Waals surface area contributed by atoms with Gasteiger partial charge >= 0.3 is 0 Å². The molecule has 0 spiro atoms. The Morgan fingerprint density at radius 2 is 1.55 bits per heavy atom. The number of nitro benzene ring substituents is 1. The molecular weight excluding hydrogens is 366 g/mol. The summed E-state index contributed by atoms with van der Waals surface area (Å²) in [6, 6.07) is 25.6. The minimum atomic E-state index is -0.420. The van der Waals surface area contributed by atoms with Gasteiger partial charge in [0, 0.05) is 17.7 Å². The number of aliphatic imine (C=N–C) groups is 2. The lowest BCUT2D eigenvalue weighted by Gasteiger charge is -2.21. The van der Waals surface area contributed by atoms with Crippen LogP contribution < -0.4 is 10.4 Å². The highest BCUT2D eigenvalue weighted by atomic mass is 16.6. The Hall–Kier alpha value is -4.26. The first kappa shape index (κ1) is 18.1. The van der Waals surface area contributed by atoms with E-state index in [1.54, 1.807) is 23.4 Å². The van der Waals surface area contributed by atoms with Gasteiger partial charge in [-0.05, 0) is 24.3 Å². The first-order chi connectivity index (χ1) is 14.2. The van der Waals surface area contributed by atoms with Crippen LogP contribution in [-0.2, 0) is 0 Å². The molecule has 3 aromatic rings. The lowest BCUT2D eigenvalue weighted by atomic mass is 10.2. The molecule has 0 amide bonds. The van der Waals surface area contributed by atoms with Gasteiger partial charge in [0.05, 0.1) is 34.4 Å². The number of rotatable bonds is 4. The van der Waals surface area contributed by atoms with Gasteiger partial charge in [-0.25, -0.2) is 4.99 Å². The summed E-state index contributed by atoms with van der Waals surface area (Å²) in [6.45, 7) is 0. The van der Waals surface area contributed by atoms with Gasteiger partial charge in [-0.3, -0.25) is 25.5 Å². The van der Waals surface area contributed by atoms with E-state index < -0.39 is 4.92 Å². The molecule has 0 saturated carbocycles. The van der Waals surface area contributed by atoms with Crippen LogP contribution in [-0.4, -0.2) is 17.0 Å². The zero-order valence-electron chi connectivity index (χ0n) is 15.3. The van der Waals surface area contributed by atoms with E-state index in [2.05, 4.69) is 15.4 Å². The fraction of sp³-hybridized carbons (Fsp3) is 0. The van der Waals surface area contributed by atoms with Crippen LogP contribution in [0.2, 0.25) is 0 Å². The average molecular weight is 383 g/mol. The van der Waals surface area contributed by atoms with Crippen LogP contribution in [0, 0.1) is 10.1 Å². The van der Waals surface area contributed by atoms with Gasteiger partial charge in [-0.1, -0.05) is 48.5 Å². The van der Waals surface area contributed by atoms with Gasteiger partial charge in [0.15, 0.2) is 5.84 Å². The summed E-state index contributed by atoms with van der Waals surface area (Å²) >= 11 is 0. The van der Waals surface area contributed by atoms with Crippen LogP contribution in [0.5, 0.6) is 0 Å². The van der Waals surface area contributed by atoms with E-state index in [-0.39, 0.29) is 5.69 Å². The van der Waals surface area contributed by atoms with Crippen LogP contribution >= 0.6 is 0 Å². The van der Waals surface area contributed by atoms with E-state index in [0.29, 0.717) is 5.84 Å². The highest BCUT2D eigenvalue weighted by Gasteiger charge is 2.14. The molecule has 3 aromatic carbocycles. The second-order valence-corrected chi connectivity index (χ2v) is 6.23. The van der Waals surface area contributed by atoms with Crippen molar-refractivity contribution in [1.82, 2.24) is 5.43 Å². The molecule has 1 heterocycles. The molecule has 0 radical (unpaired) electrons. The van der Waals surface area contributed by atoms with Crippen molar-refractivity contribution in [1.29, 1.82) is 0 Å². The number of para-hydroxylation sites is 1. The Balaban J connectivity index is 1.74. The molecule has 7 nitrogen and oxygen atoms in total. The minimum Gasteiger partial charge on any atom is -0.276 e. The second-order valence-electron chi connectivity index (χ2n) is 6.23. The topological polar surface area (TPSA) is 83.1 Å². The molecule has 29 heavy (non-hydrogen) atoms. The summed E-state index contributed by atoms with van der Waals surface area (Å²) in [6.07, 6.45) is 3.50. The van der Waals surface area contributed by atoms with Crippen LogP contribution in [0.1, 0.15) is 5.56 Å². The number of nitro groups is 1. The van der Waals surface area contributed by atoms with E-state index in [4.69, 9.17) is 0 Å². The summed E-state index contributed by atoms with van der Waals surface area (Å²) in [4.78, 5) is 19.7. The molecule has 0 bridgehead atoms. The van der Waals surface area contributed by atoms with E-state index in [1.165, 1.54) is 12.1 Å². The van der Waals surface area contributed by atoms with E-state index in [0.717, 1.165) is 22.6 Å². The van der Waals surface area contributed by atoms with E-state index in [1.807, 2.05) is 66.9 Å². The summed E-state index contributed by atoms with van der Waals surface area (Å²) in [5.74, 6) is 0.539. The lowest BCUT2D eigenvalue weighted by Crippen LogP contribution is -2.38. The van der Waals surface area contributed by atoms with Gasteiger partial charge < -0.3 is 0 Å². The number of nitrogens with one attached hydrogen (secondary N) is 1. The zero-order valence-corrected chi connectivity index (χ0v) is 15.3. The Morgan fingerprint density at radius 3 is 2.21 bits per heavy atom. The number of hydrogen-bond acceptors (Lipinski definition) is 5. The quantitative estimate of drug-likeness (QED) is 0.522. The van der Waals surface area contributed by atoms with Gasteiger partial charge in [-0.15, -0.1) is 0 Å². The normalized spacial score (nSPS) is 14.8. The molecule has 0 unspecified atom stereocenters. The largest absolute Gasteiger partial charge is 0.276 e. The Morgan fingerprint density at radius 1 is 0.897 bits per heavy atom. The molecule has 7 heteroatoms. The molecule has 0 saturated heterocycles. The summed E-state index contributed by atoms with van der Waals surface area (Å²) < 4.78 is 0. The summed E-state index contributed by atoms with van der Waals surface area (Å²) in [5.41, 5.74) is 6.43. The number of anilines is 1. The lowest BCUT2D eigenvalue weighted by molar-refractivity contribution is -0.384. The molecule has 0 aliphatic carbocycles. The highest BCUT2D eigenvalue weighted by Crippen LogP contribution is 2.23. The first-order valence-corrected chi connectivity index (χ1v) is 8.94. The molecule has 142 valence electrons. The molecule has 1 N–H and O–H groups in total. The van der Waals surface area contributed by atoms with Crippen LogP contribution in [0.3, 0.4) is 0 Å². The van der Waals surface area contributed by atoms with Crippen LogP contribution in [0.4, 0.5) is 17.1 Å². The van der Waals surface area contributed by atoms with E-state index in [9.17, 15) is 10.1 Å². The number of amidine groups is 1. The van der Waals surface area contributed by atoms with Crippen molar-refractivity contribution in [3.8, 4) is 0 Å². The molecule has 1 aliphatic rings. The van der Waals surface area contributed by atoms with Crippen LogP contribution in [0.25, 0.3) is 5.70 Å². The molecule has 0 fully saturated rings. The minimum absolute atomic E-state index is 0.0326. The third-order valence-corrected chi connectivity index (χ3v) is 4.23. The predicted octanol–water partition coefficient (Wildman–Crippen LogP) is 4.72. The maximum atomic E-state index is 11.0. The third kappa shape index (κ3) is 4.36. The first-order valence-electron chi connectivity index (χ1n) is 8.94. The zero-order chi connectivity index (χ0) is 20.1. The maximum absolute atomic E-state index is 11.0. The van der Waals surface area contributed by atoms with Crippen molar-refractivity contribution >= 4 is 34.8 Å². The Kier molecular flexibility index (Phi) is 5.11. The number of hydrogen-bond donors (Lipinski definition) is 1. The third-order valence-electron chi connectivity index (χ3n) is 4.23. The number of hydrazine groups is 1. The fourth-order valence-electron chi connectivity index (χ4n) is 2.80. The maximum Gasteiger partial charge on any atom is 0.269 e. The second kappa shape index (κ2) is 8.18. The molecule has 1 aliphatic heterocycles. The number of benzene rings is 3. The van der Waals surface area contributed by atoms with Gasteiger partial charge in [0.2, 0.25) is 0 Å². The predicted molar refractivity (Wildman–Crippen MR) is 115 cm³/mol. The van der Waals surface area contributed by atoms with E-state index >= 15 is 0 Å². The van der Waals surface area contributed by atoms with Crippen molar-refractivity contribution in [2.45, 2.75) is 0 Å². The molecule has 4 rings (SSSR count). The standard InChI is InChI=1S/C22H17N5O2/c28-27(29)20-13-11-19(12-14-20)26-16-21(17-7-3-1-4-8-17)23-15-22(25-26)24-18-9-5-2-6-10-18/h1-16H,(H,24,25). The highest BCUT2D eigenvalue weighted by molar-refractivity contribution is 6.31. The summed E-state index contributed by atoms with van der Waals surface area (Å²) in [5, 5.41) is 12.7. The average Bonchev–Trinajstić information content (AvgIpc) is 2.98. The van der Waals surface area contributed by atoms with Crippen molar-refractivity contribution < 1.29 is 4.92 Å². The molecule has 0 atom stereocenters. The van der Waals surface area contributed by atoms with Gasteiger partial charge in [0.1, 0.15) is 0 Å². The number of nitrogens with zero attached hydrogens (tertiary/aromatic N) is 4. The monoisotopic (exact) mass is 383 g/mol. The van der Waals surface area contributed by atoms with Gasteiger partial charge in [0.25, 0.3) is 5.69 Å². The summed E-state index contributed by atoms with van der Waals surface area (Å²) in [7, 11) is 0. The van der Waals surface area contributed by atoms with Gasteiger partial charge in [-0.2, -0.15) is 0 Å². The van der Waals surface area contributed by atoms with Crippen molar-refractivity contribution in [3.63, 3.8) is 0 Å². The SMILES string of the molecule is O=[N+]([O-])c1ccc(N2C=C(c3ccccc3)N=CC(=Nc3ccccc3)N2)cc1. The van der Waals surface area contributed by atoms with Crippen molar-refractivity contribution in [2.24, 2.45) is 9.98 Å². The van der Waals surface area contributed by atoms with Crippen molar-refractivity contribution in [3.05, 3.63) is 107 Å². The fourth-order valence-corrected chi connectivity index (χ4v) is 2.80. The smallest absolute Gasteiger partial charge is 0.269 e. The number of non-ortho nitro benzene ring substituents is 1. The van der Waals surface area contributed by atoms with Crippen LogP contribution in [0.15, 0.2) is 101 Å². The molecular formula is C22H17N5O2. The van der Waals surface area contributed by atoms with Crippen molar-refractivity contribution in [2.75, 3.05) is 5.01 Å². The molecule has 0 aromatic heterocycles. The Bertz CT molecular complexity index is 1090.